The van der Waals surface area contributed by atoms with E-state index < -0.39 is 0 Å². The third kappa shape index (κ3) is 11.7. The second kappa shape index (κ2) is 14.2. The molecule has 1 atom stereocenters. The predicted octanol–water partition coefficient (Wildman–Crippen LogP) is 5.56. The normalized spacial score (nSPS) is 13.3. The van der Waals surface area contributed by atoms with Gasteiger partial charge in [0, 0.05) is 11.5 Å². The summed E-state index contributed by atoms with van der Waals surface area (Å²) >= 11 is 4.83. The molecular weight excluding hydrogens is 304 g/mol. The zero-order valence-electron chi connectivity index (χ0n) is 14.9. The Morgan fingerprint density at radius 2 is 1.91 bits per heavy atom. The number of benzene rings is 1. The minimum absolute atomic E-state index is 0.286. The van der Waals surface area contributed by atoms with Crippen LogP contribution in [0.3, 0.4) is 0 Å². The summed E-state index contributed by atoms with van der Waals surface area (Å²) in [6.07, 6.45) is 9.39. The maximum Gasteiger partial charge on any atom is 0.118 e. The Balaban J connectivity index is 0.000000442. The fraction of sp³-hybridized carbons (Fsp3) is 0.450. The minimum Gasteiger partial charge on any atom is -0.497 e. The van der Waals surface area contributed by atoms with Crippen LogP contribution in [-0.2, 0) is 11.2 Å². The van der Waals surface area contributed by atoms with E-state index >= 15 is 0 Å². The molecule has 2 nitrogen and oxygen atoms in total. The molecule has 1 aromatic carbocycles. The molecule has 1 aliphatic carbocycles. The molecule has 0 aliphatic heterocycles. The monoisotopic (exact) mass is 334 g/mol. The molecule has 0 fully saturated rings. The van der Waals surface area contributed by atoms with Crippen LogP contribution in [0.5, 0.6) is 5.75 Å². The molecule has 0 unspecified atom stereocenters. The molecular formula is C20H30O2S. The summed E-state index contributed by atoms with van der Waals surface area (Å²) in [5.74, 6) is 0.901. The van der Waals surface area contributed by atoms with Crippen molar-refractivity contribution in [2.75, 3.05) is 13.7 Å². The third-order valence-corrected chi connectivity index (χ3v) is 3.33. The van der Waals surface area contributed by atoms with Gasteiger partial charge in [0.2, 0.25) is 0 Å². The lowest BCUT2D eigenvalue weighted by molar-refractivity contribution is 0.0768. The maximum absolute atomic E-state index is 5.47. The van der Waals surface area contributed by atoms with Crippen LogP contribution < -0.4 is 4.74 Å². The Labute approximate surface area is 147 Å². The third-order valence-electron chi connectivity index (χ3n) is 2.99. The zero-order chi connectivity index (χ0) is 17.5. The Morgan fingerprint density at radius 3 is 2.26 bits per heavy atom. The van der Waals surface area contributed by atoms with E-state index in [-0.39, 0.29) is 6.10 Å². The molecule has 2 rings (SSSR count). The summed E-state index contributed by atoms with van der Waals surface area (Å²) in [5, 5.41) is 0. The molecule has 23 heavy (non-hydrogen) atoms. The highest BCUT2D eigenvalue weighted by molar-refractivity contribution is 7.80. The molecule has 0 saturated carbocycles. The number of methoxy groups -OCH3 is 1. The van der Waals surface area contributed by atoms with Gasteiger partial charge in [0.25, 0.3) is 0 Å². The molecule has 0 aromatic heterocycles. The van der Waals surface area contributed by atoms with Crippen LogP contribution in [0.2, 0.25) is 0 Å². The first-order valence-electron chi connectivity index (χ1n) is 8.08. The highest BCUT2D eigenvalue weighted by Gasteiger charge is 2.02. The average Bonchev–Trinajstić information content (AvgIpc) is 3.01. The van der Waals surface area contributed by atoms with Crippen molar-refractivity contribution in [2.24, 2.45) is 0 Å². The van der Waals surface area contributed by atoms with Crippen LogP contribution in [0.15, 0.2) is 49.1 Å². The average molecular weight is 335 g/mol. The Hall–Kier alpha value is -1.45. The van der Waals surface area contributed by atoms with E-state index in [4.69, 9.17) is 21.7 Å². The minimum atomic E-state index is 0.286. The van der Waals surface area contributed by atoms with Gasteiger partial charge in [0.1, 0.15) is 5.75 Å². The topological polar surface area (TPSA) is 18.5 Å². The van der Waals surface area contributed by atoms with Crippen LogP contribution in [0, 0.1) is 0 Å². The van der Waals surface area contributed by atoms with Gasteiger partial charge in [-0.05, 0) is 57.7 Å². The van der Waals surface area contributed by atoms with Gasteiger partial charge >= 0.3 is 0 Å². The highest BCUT2D eigenvalue weighted by atomic mass is 32.1. The van der Waals surface area contributed by atoms with Crippen molar-refractivity contribution in [3.8, 4) is 5.75 Å². The van der Waals surface area contributed by atoms with E-state index in [9.17, 15) is 0 Å². The lowest BCUT2D eigenvalue weighted by Gasteiger charge is -2.11. The van der Waals surface area contributed by atoms with E-state index in [1.165, 1.54) is 12.0 Å². The van der Waals surface area contributed by atoms with Gasteiger partial charge in [-0.25, -0.2) is 0 Å². The molecule has 0 saturated heterocycles. The molecule has 0 radical (unpaired) electrons. The Morgan fingerprint density at radius 1 is 1.30 bits per heavy atom. The summed E-state index contributed by atoms with van der Waals surface area (Å²) in [6.45, 7) is 10.1. The summed E-state index contributed by atoms with van der Waals surface area (Å²) in [7, 11) is 1.68. The molecule has 3 heteroatoms. The van der Waals surface area contributed by atoms with Crippen molar-refractivity contribution >= 4 is 17.1 Å². The highest BCUT2D eigenvalue weighted by Crippen LogP contribution is 2.13. The number of allylic oxidation sites excluding steroid dienone is 3. The summed E-state index contributed by atoms with van der Waals surface area (Å²) in [6, 6.07) is 8.12. The summed E-state index contributed by atoms with van der Waals surface area (Å²) < 4.78 is 10.6. The van der Waals surface area contributed by atoms with Crippen LogP contribution in [-0.4, -0.2) is 24.7 Å². The fourth-order valence-electron chi connectivity index (χ4n) is 1.96. The number of hydrogen-bond donors (Lipinski definition) is 0. The van der Waals surface area contributed by atoms with E-state index in [1.54, 1.807) is 13.2 Å². The van der Waals surface area contributed by atoms with Crippen molar-refractivity contribution in [1.29, 1.82) is 0 Å². The molecule has 0 N–H and O–H groups in total. The van der Waals surface area contributed by atoms with Gasteiger partial charge in [0.15, 0.2) is 0 Å². The molecule has 0 heterocycles. The maximum atomic E-state index is 5.47. The van der Waals surface area contributed by atoms with Crippen LogP contribution in [0.1, 0.15) is 39.2 Å². The predicted molar refractivity (Wildman–Crippen MR) is 105 cm³/mol. The molecule has 0 bridgehead atoms. The lowest BCUT2D eigenvalue weighted by atomic mass is 10.1. The molecule has 1 aliphatic rings. The Bertz CT molecular complexity index is 463. The molecule has 128 valence electrons. The van der Waals surface area contributed by atoms with Gasteiger partial charge in [-0.2, -0.15) is 0 Å². The zero-order valence-corrected chi connectivity index (χ0v) is 15.7. The van der Waals surface area contributed by atoms with Crippen molar-refractivity contribution in [3.05, 3.63) is 54.6 Å². The van der Waals surface area contributed by atoms with E-state index in [0.717, 1.165) is 30.1 Å². The van der Waals surface area contributed by atoms with Crippen molar-refractivity contribution in [1.82, 2.24) is 0 Å². The fourth-order valence-corrected chi connectivity index (χ4v) is 2.17. The molecule has 0 amide bonds. The summed E-state index contributed by atoms with van der Waals surface area (Å²) in [4.78, 5) is 1.11. The van der Waals surface area contributed by atoms with Crippen LogP contribution in [0.25, 0.3) is 0 Å². The lowest BCUT2D eigenvalue weighted by Crippen LogP contribution is -2.11. The number of thiocarbonyl (C=S) groups is 1. The number of rotatable bonds is 5. The number of hydrogen-bond acceptors (Lipinski definition) is 3. The van der Waals surface area contributed by atoms with Crippen LogP contribution in [0.4, 0.5) is 0 Å². The van der Waals surface area contributed by atoms with E-state index in [2.05, 4.69) is 31.7 Å². The standard InChI is InChI=1S/C12H18O2.C5H6S.C3H6/c1-4-14-10(2)9-11-5-7-12(13-3)8-6-11;6-5-3-1-2-4-5;1-3-2/h5-8,10H,4,9H2,1-3H3;1,3H,2,4H2;3H,1H2,2H3/t10-;;/m0../s1. The smallest absolute Gasteiger partial charge is 0.118 e. The summed E-state index contributed by atoms with van der Waals surface area (Å²) in [5.41, 5.74) is 1.28. The first kappa shape index (κ1) is 21.6. The van der Waals surface area contributed by atoms with Gasteiger partial charge in [-0.15, -0.1) is 6.58 Å². The second-order valence-electron chi connectivity index (χ2n) is 5.13. The quantitative estimate of drug-likeness (QED) is 0.519. The number of ether oxygens (including phenoxy) is 2. The van der Waals surface area contributed by atoms with Gasteiger partial charge < -0.3 is 9.47 Å². The van der Waals surface area contributed by atoms with Gasteiger partial charge in [0.05, 0.1) is 13.2 Å². The first-order valence-corrected chi connectivity index (χ1v) is 8.49. The van der Waals surface area contributed by atoms with E-state index in [1.807, 2.05) is 32.1 Å². The largest absolute Gasteiger partial charge is 0.497 e. The van der Waals surface area contributed by atoms with E-state index in [0.29, 0.717) is 0 Å². The second-order valence-corrected chi connectivity index (χ2v) is 5.66. The molecule has 0 spiro atoms. The van der Waals surface area contributed by atoms with Crippen molar-refractivity contribution in [3.63, 3.8) is 0 Å². The Kier molecular flexibility index (Phi) is 13.3. The molecule has 1 aromatic rings. The first-order chi connectivity index (χ1) is 11.1. The van der Waals surface area contributed by atoms with Gasteiger partial charge in [-0.3, -0.25) is 0 Å². The van der Waals surface area contributed by atoms with Crippen LogP contribution >= 0.6 is 12.2 Å². The van der Waals surface area contributed by atoms with Gasteiger partial charge in [-0.1, -0.05) is 42.6 Å². The SMILES string of the molecule is C=CC.CCO[C@@H](C)Cc1ccc(OC)cc1.S=C1C=CCC1. The van der Waals surface area contributed by atoms with Crippen molar-refractivity contribution in [2.45, 2.75) is 46.1 Å². The van der Waals surface area contributed by atoms with Crippen molar-refractivity contribution < 1.29 is 9.47 Å².